The lowest BCUT2D eigenvalue weighted by Gasteiger charge is -2.14. The van der Waals surface area contributed by atoms with Gasteiger partial charge in [0.05, 0.1) is 6.04 Å². The maximum absolute atomic E-state index is 12.1. The Balaban J connectivity index is 1.90. The van der Waals surface area contributed by atoms with Gasteiger partial charge in [0, 0.05) is 25.8 Å². The second-order valence-corrected chi connectivity index (χ2v) is 5.87. The minimum Gasteiger partial charge on any atom is -0.484 e. The number of aryl methyl sites for hydroxylation is 1. The molecule has 0 bridgehead atoms. The summed E-state index contributed by atoms with van der Waals surface area (Å²) in [6.45, 7) is 3.63. The number of furan rings is 1. The van der Waals surface area contributed by atoms with Gasteiger partial charge >= 0.3 is 6.03 Å². The summed E-state index contributed by atoms with van der Waals surface area (Å²) in [4.78, 5) is 25.1. The molecule has 7 heteroatoms. The normalized spacial score (nSPS) is 11.5. The molecule has 134 valence electrons. The van der Waals surface area contributed by atoms with Gasteiger partial charge in [0.15, 0.2) is 6.61 Å². The number of hydrogen-bond donors (Lipinski definition) is 2. The molecule has 3 amide bonds. The maximum Gasteiger partial charge on any atom is 0.319 e. The average molecular weight is 345 g/mol. The average Bonchev–Trinajstić information content (AvgIpc) is 2.99. The Kier molecular flexibility index (Phi) is 6.05. The van der Waals surface area contributed by atoms with Gasteiger partial charge in [-0.25, -0.2) is 4.79 Å². The molecule has 25 heavy (non-hydrogen) atoms. The van der Waals surface area contributed by atoms with Crippen molar-refractivity contribution in [1.82, 2.24) is 10.2 Å². The molecule has 1 aromatic heterocycles. The van der Waals surface area contributed by atoms with Crippen LogP contribution in [0.15, 0.2) is 40.8 Å². The van der Waals surface area contributed by atoms with Crippen LogP contribution in [0.5, 0.6) is 5.75 Å². The summed E-state index contributed by atoms with van der Waals surface area (Å²) in [6.07, 6.45) is 0. The lowest BCUT2D eigenvalue weighted by atomic mass is 10.2. The van der Waals surface area contributed by atoms with Crippen molar-refractivity contribution in [2.24, 2.45) is 0 Å². The summed E-state index contributed by atoms with van der Waals surface area (Å²) < 4.78 is 10.9. The monoisotopic (exact) mass is 345 g/mol. The first-order chi connectivity index (χ1) is 11.8. The van der Waals surface area contributed by atoms with E-state index in [1.807, 2.05) is 26.0 Å². The predicted octanol–water partition coefficient (Wildman–Crippen LogP) is 2.94. The van der Waals surface area contributed by atoms with E-state index in [9.17, 15) is 9.59 Å². The van der Waals surface area contributed by atoms with E-state index in [0.29, 0.717) is 17.2 Å². The third kappa shape index (κ3) is 5.56. The van der Waals surface area contributed by atoms with E-state index in [-0.39, 0.29) is 24.6 Å². The smallest absolute Gasteiger partial charge is 0.319 e. The molecule has 2 N–H and O–H groups in total. The zero-order chi connectivity index (χ0) is 18.4. The van der Waals surface area contributed by atoms with E-state index < -0.39 is 0 Å². The number of anilines is 1. The first-order valence-corrected chi connectivity index (χ1v) is 7.92. The minimum atomic E-state index is -0.358. The van der Waals surface area contributed by atoms with Crippen molar-refractivity contribution in [2.75, 3.05) is 26.0 Å². The van der Waals surface area contributed by atoms with E-state index >= 15 is 0 Å². The van der Waals surface area contributed by atoms with Crippen LogP contribution >= 0.6 is 0 Å². The lowest BCUT2D eigenvalue weighted by Crippen LogP contribution is -2.31. The van der Waals surface area contributed by atoms with E-state index in [1.165, 1.54) is 4.90 Å². The van der Waals surface area contributed by atoms with Crippen LogP contribution in [0, 0.1) is 6.92 Å². The van der Waals surface area contributed by atoms with Crippen molar-refractivity contribution in [3.63, 3.8) is 0 Å². The van der Waals surface area contributed by atoms with Gasteiger partial charge in [-0.1, -0.05) is 6.07 Å². The SMILES string of the molecule is Cc1ccc(C(C)NC(=O)Nc2cccc(OCC(=O)N(C)C)c2)o1. The number of rotatable bonds is 6. The van der Waals surface area contributed by atoms with Crippen LogP contribution in [0.4, 0.5) is 10.5 Å². The van der Waals surface area contributed by atoms with Crippen LogP contribution < -0.4 is 15.4 Å². The van der Waals surface area contributed by atoms with Crippen LogP contribution in [-0.2, 0) is 4.79 Å². The van der Waals surface area contributed by atoms with E-state index in [4.69, 9.17) is 9.15 Å². The lowest BCUT2D eigenvalue weighted by molar-refractivity contribution is -0.130. The second-order valence-electron chi connectivity index (χ2n) is 5.87. The van der Waals surface area contributed by atoms with Crippen LogP contribution in [0.3, 0.4) is 0 Å². The number of carbonyl (C=O) groups is 2. The van der Waals surface area contributed by atoms with Crippen LogP contribution in [0.1, 0.15) is 24.5 Å². The molecule has 1 aromatic carbocycles. The van der Waals surface area contributed by atoms with Gasteiger partial charge in [-0.15, -0.1) is 0 Å². The third-order valence-electron chi connectivity index (χ3n) is 3.49. The molecule has 0 spiro atoms. The number of nitrogens with zero attached hydrogens (tertiary/aromatic N) is 1. The quantitative estimate of drug-likeness (QED) is 0.843. The summed E-state index contributed by atoms with van der Waals surface area (Å²) in [5.74, 6) is 1.84. The molecule has 0 fully saturated rings. The summed E-state index contributed by atoms with van der Waals surface area (Å²) in [6, 6.07) is 9.92. The molecule has 0 radical (unpaired) electrons. The molecule has 7 nitrogen and oxygen atoms in total. The number of urea groups is 1. The Morgan fingerprint density at radius 3 is 2.64 bits per heavy atom. The molecule has 0 saturated heterocycles. The van der Waals surface area contributed by atoms with Crippen LogP contribution in [0.2, 0.25) is 0 Å². The largest absolute Gasteiger partial charge is 0.484 e. The molecule has 0 aliphatic rings. The van der Waals surface area contributed by atoms with Crippen molar-refractivity contribution in [3.8, 4) is 5.75 Å². The molecule has 0 aliphatic carbocycles. The van der Waals surface area contributed by atoms with Gasteiger partial charge in [0.1, 0.15) is 17.3 Å². The van der Waals surface area contributed by atoms with Gasteiger partial charge in [-0.2, -0.15) is 0 Å². The molecular weight excluding hydrogens is 322 g/mol. The minimum absolute atomic E-state index is 0.0580. The molecule has 2 aromatic rings. The van der Waals surface area contributed by atoms with Gasteiger partial charge in [0.25, 0.3) is 5.91 Å². The fraction of sp³-hybridized carbons (Fsp3) is 0.333. The Bertz CT molecular complexity index is 739. The summed E-state index contributed by atoms with van der Waals surface area (Å²) in [7, 11) is 3.32. The summed E-state index contributed by atoms with van der Waals surface area (Å²) in [5.41, 5.74) is 0.565. The third-order valence-corrected chi connectivity index (χ3v) is 3.49. The van der Waals surface area contributed by atoms with E-state index in [2.05, 4.69) is 10.6 Å². The molecule has 0 saturated carbocycles. The molecule has 1 atom stereocenters. The van der Waals surface area contributed by atoms with Crippen LogP contribution in [0.25, 0.3) is 0 Å². The maximum atomic E-state index is 12.1. The Morgan fingerprint density at radius 1 is 1.24 bits per heavy atom. The molecular formula is C18H23N3O4. The zero-order valence-corrected chi connectivity index (χ0v) is 14.8. The number of hydrogen-bond acceptors (Lipinski definition) is 4. The molecule has 1 heterocycles. The number of likely N-dealkylation sites (N-methyl/N-ethyl adjacent to an activating group) is 1. The topological polar surface area (TPSA) is 83.8 Å². The number of amides is 3. The Hall–Kier alpha value is -2.96. The number of benzene rings is 1. The first kappa shape index (κ1) is 18.4. The fourth-order valence-corrected chi connectivity index (χ4v) is 2.06. The molecule has 2 rings (SSSR count). The van der Waals surface area contributed by atoms with Crippen molar-refractivity contribution < 1.29 is 18.7 Å². The summed E-state index contributed by atoms with van der Waals surface area (Å²) in [5, 5.41) is 5.53. The van der Waals surface area contributed by atoms with Gasteiger partial charge in [-0.05, 0) is 38.1 Å². The number of carbonyl (C=O) groups excluding carboxylic acids is 2. The van der Waals surface area contributed by atoms with Gasteiger partial charge in [0.2, 0.25) is 0 Å². The van der Waals surface area contributed by atoms with Crippen molar-refractivity contribution >= 4 is 17.6 Å². The van der Waals surface area contributed by atoms with Crippen LogP contribution in [-0.4, -0.2) is 37.5 Å². The molecule has 0 aliphatic heterocycles. The number of ether oxygens (including phenoxy) is 1. The number of nitrogens with one attached hydrogen (secondary N) is 2. The fourth-order valence-electron chi connectivity index (χ4n) is 2.06. The van der Waals surface area contributed by atoms with Crippen molar-refractivity contribution in [3.05, 3.63) is 47.9 Å². The highest BCUT2D eigenvalue weighted by molar-refractivity contribution is 5.89. The summed E-state index contributed by atoms with van der Waals surface area (Å²) >= 11 is 0. The molecule has 1 unspecified atom stereocenters. The van der Waals surface area contributed by atoms with Crippen molar-refractivity contribution in [1.29, 1.82) is 0 Å². The highest BCUT2D eigenvalue weighted by Crippen LogP contribution is 2.19. The van der Waals surface area contributed by atoms with Gasteiger partial charge < -0.3 is 24.7 Å². The highest BCUT2D eigenvalue weighted by Gasteiger charge is 2.13. The first-order valence-electron chi connectivity index (χ1n) is 7.92. The zero-order valence-electron chi connectivity index (χ0n) is 14.8. The standard InChI is InChI=1S/C18H23N3O4/c1-12-8-9-16(25-12)13(2)19-18(23)20-14-6-5-7-15(10-14)24-11-17(22)21(3)4/h5-10,13H,11H2,1-4H3,(H2,19,20,23). The predicted molar refractivity (Wildman–Crippen MR) is 94.6 cm³/mol. The highest BCUT2D eigenvalue weighted by atomic mass is 16.5. The second kappa shape index (κ2) is 8.23. The van der Waals surface area contributed by atoms with E-state index in [0.717, 1.165) is 5.76 Å². The van der Waals surface area contributed by atoms with Gasteiger partial charge in [-0.3, -0.25) is 4.79 Å². The Labute approximate surface area is 146 Å². The van der Waals surface area contributed by atoms with Crippen molar-refractivity contribution in [2.45, 2.75) is 19.9 Å². The van der Waals surface area contributed by atoms with E-state index in [1.54, 1.807) is 38.4 Å². The Morgan fingerprint density at radius 2 is 2.00 bits per heavy atom.